The number of nitrogens with one attached hydrogen (secondary N) is 2. The van der Waals surface area contributed by atoms with E-state index in [1.54, 1.807) is 29.1 Å². The summed E-state index contributed by atoms with van der Waals surface area (Å²) in [5.74, 6) is 0.174. The predicted molar refractivity (Wildman–Crippen MR) is 94.9 cm³/mol. The fourth-order valence-corrected chi connectivity index (χ4v) is 2.52. The van der Waals surface area contributed by atoms with Crippen LogP contribution in [0.1, 0.15) is 49.5 Å². The summed E-state index contributed by atoms with van der Waals surface area (Å²) in [6, 6.07) is 6.65. The molecule has 0 aliphatic heterocycles. The monoisotopic (exact) mass is 343 g/mol. The molecule has 25 heavy (non-hydrogen) atoms. The van der Waals surface area contributed by atoms with Crippen LogP contribution in [0.5, 0.6) is 0 Å². The Morgan fingerprint density at radius 1 is 1.44 bits per heavy atom. The number of nitro groups is 1. The molecule has 132 valence electrons. The van der Waals surface area contributed by atoms with E-state index in [1.165, 1.54) is 6.07 Å². The van der Waals surface area contributed by atoms with Crippen LogP contribution in [0.25, 0.3) is 0 Å². The molecule has 2 N–H and O–H groups in total. The molecule has 1 atom stereocenters. The van der Waals surface area contributed by atoms with Gasteiger partial charge in [-0.3, -0.25) is 14.9 Å². The maximum absolute atomic E-state index is 12.5. The van der Waals surface area contributed by atoms with Crippen molar-refractivity contribution in [1.82, 2.24) is 9.78 Å². The summed E-state index contributed by atoms with van der Waals surface area (Å²) in [7, 11) is 0. The summed E-state index contributed by atoms with van der Waals surface area (Å²) < 4.78 is 1.73. The van der Waals surface area contributed by atoms with Crippen molar-refractivity contribution in [3.63, 3.8) is 0 Å². The molecule has 8 heteroatoms. The second-order valence-corrected chi connectivity index (χ2v) is 6.28. The van der Waals surface area contributed by atoms with Gasteiger partial charge in [-0.25, -0.2) is 4.68 Å². The number of carbonyl (C=O) groups is 1. The molecule has 1 fully saturated rings. The van der Waals surface area contributed by atoms with Gasteiger partial charge in [-0.15, -0.1) is 0 Å². The van der Waals surface area contributed by atoms with Crippen LogP contribution in [-0.2, 0) is 0 Å². The number of hydrogen-bond donors (Lipinski definition) is 2. The number of nitrogens with zero attached hydrogens (tertiary/aromatic N) is 3. The van der Waals surface area contributed by atoms with E-state index in [0.717, 1.165) is 19.3 Å². The zero-order valence-corrected chi connectivity index (χ0v) is 14.2. The molecule has 0 radical (unpaired) electrons. The number of nitro benzene ring substituents is 1. The zero-order chi connectivity index (χ0) is 18.0. The zero-order valence-electron chi connectivity index (χ0n) is 14.2. The minimum Gasteiger partial charge on any atom is -0.377 e. The number of rotatable bonds is 7. The molecule has 1 heterocycles. The lowest BCUT2D eigenvalue weighted by atomic mass is 10.1. The Morgan fingerprint density at radius 2 is 2.20 bits per heavy atom. The Labute approximate surface area is 145 Å². The Hall–Kier alpha value is -2.90. The van der Waals surface area contributed by atoms with Crippen molar-refractivity contribution in [2.24, 2.45) is 0 Å². The lowest BCUT2D eigenvalue weighted by molar-refractivity contribution is -0.384. The van der Waals surface area contributed by atoms with Gasteiger partial charge >= 0.3 is 0 Å². The highest BCUT2D eigenvalue weighted by Gasteiger charge is 2.25. The first-order chi connectivity index (χ1) is 12.0. The van der Waals surface area contributed by atoms with Crippen LogP contribution in [-0.4, -0.2) is 26.7 Å². The summed E-state index contributed by atoms with van der Waals surface area (Å²) >= 11 is 0. The van der Waals surface area contributed by atoms with E-state index in [4.69, 9.17) is 0 Å². The maximum atomic E-state index is 12.5. The quantitative estimate of drug-likeness (QED) is 0.591. The highest BCUT2D eigenvalue weighted by atomic mass is 16.6. The van der Waals surface area contributed by atoms with E-state index in [9.17, 15) is 14.9 Å². The summed E-state index contributed by atoms with van der Waals surface area (Å²) in [5, 5.41) is 21.4. The van der Waals surface area contributed by atoms with Crippen LogP contribution in [0.3, 0.4) is 0 Å². The molecule has 0 bridgehead atoms. The fraction of sp³-hybridized carbons (Fsp3) is 0.412. The molecule has 1 amide bonds. The van der Waals surface area contributed by atoms with Crippen LogP contribution in [0.4, 0.5) is 17.2 Å². The van der Waals surface area contributed by atoms with E-state index in [1.807, 2.05) is 13.8 Å². The molecule has 1 aromatic heterocycles. The molecule has 3 rings (SSSR count). The standard InChI is InChI=1S/C17H21N5O3/c1-3-11(2)21-16(8-9-18-21)20-17(23)12-4-7-14(19-13-5-6-13)15(10-12)22(24)25/h4,7-11,13,19H,3,5-6H2,1-2H3,(H,20,23). The molecular weight excluding hydrogens is 322 g/mol. The number of aromatic nitrogens is 2. The molecule has 1 aromatic carbocycles. The van der Waals surface area contributed by atoms with Crippen LogP contribution in [0, 0.1) is 10.1 Å². The average molecular weight is 343 g/mol. The van der Waals surface area contributed by atoms with Crippen molar-refractivity contribution < 1.29 is 9.72 Å². The van der Waals surface area contributed by atoms with Gasteiger partial charge in [0.25, 0.3) is 11.6 Å². The van der Waals surface area contributed by atoms with Gasteiger partial charge in [0, 0.05) is 23.7 Å². The number of amides is 1. The van der Waals surface area contributed by atoms with Gasteiger partial charge in [-0.05, 0) is 38.3 Å². The van der Waals surface area contributed by atoms with Gasteiger partial charge in [0.05, 0.1) is 17.2 Å². The fourth-order valence-electron chi connectivity index (χ4n) is 2.52. The van der Waals surface area contributed by atoms with Crippen LogP contribution < -0.4 is 10.6 Å². The summed E-state index contributed by atoms with van der Waals surface area (Å²) in [6.07, 6.45) is 4.52. The molecule has 1 aliphatic carbocycles. The normalized spacial score (nSPS) is 14.8. The molecular formula is C17H21N5O3. The Kier molecular flexibility index (Phi) is 4.69. The van der Waals surface area contributed by atoms with Gasteiger partial charge in [0.15, 0.2) is 0 Å². The van der Waals surface area contributed by atoms with E-state index in [2.05, 4.69) is 15.7 Å². The third kappa shape index (κ3) is 3.78. The van der Waals surface area contributed by atoms with Crippen molar-refractivity contribution in [3.05, 3.63) is 46.1 Å². The SMILES string of the molecule is CCC(C)n1nccc1NC(=O)c1ccc(NC2CC2)c([N+](=O)[O-])c1. The molecule has 0 saturated heterocycles. The molecule has 8 nitrogen and oxygen atoms in total. The second-order valence-electron chi connectivity index (χ2n) is 6.28. The number of hydrogen-bond acceptors (Lipinski definition) is 5. The largest absolute Gasteiger partial charge is 0.377 e. The summed E-state index contributed by atoms with van der Waals surface area (Å²) in [5.41, 5.74) is 0.605. The van der Waals surface area contributed by atoms with Gasteiger partial charge in [-0.2, -0.15) is 5.10 Å². The summed E-state index contributed by atoms with van der Waals surface area (Å²) in [4.78, 5) is 23.4. The first-order valence-corrected chi connectivity index (χ1v) is 8.39. The maximum Gasteiger partial charge on any atom is 0.293 e. The van der Waals surface area contributed by atoms with Crippen molar-refractivity contribution in [1.29, 1.82) is 0 Å². The minimum atomic E-state index is -0.467. The Bertz CT molecular complexity index is 797. The highest BCUT2D eigenvalue weighted by molar-refractivity contribution is 6.04. The molecule has 1 saturated carbocycles. The highest BCUT2D eigenvalue weighted by Crippen LogP contribution is 2.31. The Morgan fingerprint density at radius 3 is 2.84 bits per heavy atom. The van der Waals surface area contributed by atoms with Crippen molar-refractivity contribution >= 4 is 23.1 Å². The molecule has 1 aliphatic rings. The van der Waals surface area contributed by atoms with Crippen molar-refractivity contribution in [3.8, 4) is 0 Å². The van der Waals surface area contributed by atoms with Crippen molar-refractivity contribution in [2.75, 3.05) is 10.6 Å². The van der Waals surface area contributed by atoms with Crippen LogP contribution in [0.15, 0.2) is 30.5 Å². The van der Waals surface area contributed by atoms with Crippen LogP contribution in [0.2, 0.25) is 0 Å². The molecule has 1 unspecified atom stereocenters. The van der Waals surface area contributed by atoms with Gasteiger partial charge in [0.1, 0.15) is 11.5 Å². The first-order valence-electron chi connectivity index (χ1n) is 8.39. The molecule has 0 spiro atoms. The Balaban J connectivity index is 1.81. The van der Waals surface area contributed by atoms with Crippen LogP contribution >= 0.6 is 0 Å². The van der Waals surface area contributed by atoms with Gasteiger partial charge in [-0.1, -0.05) is 6.92 Å². The van der Waals surface area contributed by atoms with Gasteiger partial charge in [0.2, 0.25) is 0 Å². The second kappa shape index (κ2) is 6.92. The first kappa shape index (κ1) is 16.9. The number of benzene rings is 1. The minimum absolute atomic E-state index is 0.0880. The smallest absolute Gasteiger partial charge is 0.293 e. The topological polar surface area (TPSA) is 102 Å². The van der Waals surface area contributed by atoms with E-state index in [0.29, 0.717) is 17.5 Å². The lowest BCUT2D eigenvalue weighted by Gasteiger charge is -2.14. The third-order valence-corrected chi connectivity index (χ3v) is 4.31. The third-order valence-electron chi connectivity index (χ3n) is 4.31. The van der Waals surface area contributed by atoms with E-state index in [-0.39, 0.29) is 17.3 Å². The predicted octanol–water partition coefficient (Wildman–Crippen LogP) is 3.59. The number of anilines is 2. The lowest BCUT2D eigenvalue weighted by Crippen LogP contribution is -2.17. The van der Waals surface area contributed by atoms with E-state index < -0.39 is 10.8 Å². The average Bonchev–Trinajstić information content (AvgIpc) is 3.30. The summed E-state index contributed by atoms with van der Waals surface area (Å²) in [6.45, 7) is 4.04. The van der Waals surface area contributed by atoms with Gasteiger partial charge < -0.3 is 10.6 Å². The van der Waals surface area contributed by atoms with E-state index >= 15 is 0 Å². The molecule has 2 aromatic rings. The number of carbonyl (C=O) groups excluding carboxylic acids is 1. The van der Waals surface area contributed by atoms with Crippen molar-refractivity contribution in [2.45, 2.75) is 45.2 Å².